The van der Waals surface area contributed by atoms with Crippen molar-refractivity contribution in [1.82, 2.24) is 9.97 Å². The van der Waals surface area contributed by atoms with Gasteiger partial charge in [-0.25, -0.2) is 9.97 Å². The number of para-hydroxylation sites is 2. The molecule has 23 heavy (non-hydrogen) atoms. The van der Waals surface area contributed by atoms with Gasteiger partial charge in [-0.1, -0.05) is 32.9 Å². The molecule has 2 nitrogen and oxygen atoms in total. The quantitative estimate of drug-likeness (QED) is 0.744. The zero-order valence-electron chi connectivity index (χ0n) is 14.4. The second-order valence-corrected chi connectivity index (χ2v) is 12.9. The highest BCUT2D eigenvalue weighted by molar-refractivity contribution is 7.72. The Morgan fingerprint density at radius 1 is 0.826 bits per heavy atom. The van der Waals surface area contributed by atoms with Crippen molar-refractivity contribution in [2.75, 3.05) is 6.16 Å². The number of aromatic nitrogens is 2. The molecule has 1 aromatic heterocycles. The van der Waals surface area contributed by atoms with Gasteiger partial charge in [0.1, 0.15) is 0 Å². The van der Waals surface area contributed by atoms with Gasteiger partial charge in [-0.3, -0.25) is 0 Å². The van der Waals surface area contributed by atoms with Crippen LogP contribution < -0.4 is 10.9 Å². The molecular weight excluding hydrogens is 318 g/mol. The molecule has 0 radical (unpaired) electrons. The van der Waals surface area contributed by atoms with Crippen molar-refractivity contribution in [3.63, 3.8) is 0 Å². The fourth-order valence-corrected chi connectivity index (χ4v) is 10.6. The number of rotatable bonds is 2. The average molecular weight is 344 g/mol. The molecule has 0 amide bonds. The highest BCUT2D eigenvalue weighted by Gasteiger charge is 2.37. The Hall–Kier alpha value is -0.580. The van der Waals surface area contributed by atoms with E-state index >= 15 is 0 Å². The Labute approximate surface area is 142 Å². The lowest BCUT2D eigenvalue weighted by Crippen LogP contribution is -2.33. The number of fused-ring (bicyclic) bond motifs is 1. The minimum atomic E-state index is -0.149. The molecule has 1 aromatic carbocycles. The van der Waals surface area contributed by atoms with E-state index in [1.807, 2.05) is 0 Å². The van der Waals surface area contributed by atoms with E-state index in [-0.39, 0.29) is 15.8 Å². The van der Waals surface area contributed by atoms with Crippen LogP contribution in [0.4, 0.5) is 0 Å². The second kappa shape index (κ2) is 6.38. The maximum Gasteiger partial charge on any atom is 0.0902 e. The maximum atomic E-state index is 5.22. The lowest BCUT2D eigenvalue weighted by atomic mass is 10.2. The number of hydrogen-bond acceptors (Lipinski definition) is 2. The normalized spacial score (nSPS) is 32.0. The number of benzene rings is 1. The molecule has 0 aliphatic carbocycles. The number of hydrogen-bond donors (Lipinski definition) is 0. The maximum absolute atomic E-state index is 5.22. The van der Waals surface area contributed by atoms with Crippen LogP contribution >= 0.6 is 15.8 Å². The highest BCUT2D eigenvalue weighted by Crippen LogP contribution is 2.56. The molecule has 122 valence electrons. The first kappa shape index (κ1) is 15.9. The Bertz CT molecular complexity index is 708. The first-order chi connectivity index (χ1) is 11.1. The summed E-state index contributed by atoms with van der Waals surface area (Å²) in [6, 6.07) is 8.47. The summed E-state index contributed by atoms with van der Waals surface area (Å²) in [5.74, 6) is 0. The largest absolute Gasteiger partial charge is 0.244 e. The van der Waals surface area contributed by atoms with Gasteiger partial charge in [0.05, 0.1) is 21.9 Å². The van der Waals surface area contributed by atoms with E-state index in [4.69, 9.17) is 9.97 Å². The second-order valence-electron chi connectivity index (χ2n) is 7.23. The van der Waals surface area contributed by atoms with E-state index in [9.17, 15) is 0 Å². The van der Waals surface area contributed by atoms with Gasteiger partial charge in [0.25, 0.3) is 0 Å². The Balaban J connectivity index is 1.89. The van der Waals surface area contributed by atoms with Crippen LogP contribution in [0.2, 0.25) is 0 Å². The fourth-order valence-electron chi connectivity index (χ4n) is 4.21. The summed E-state index contributed by atoms with van der Waals surface area (Å²) in [7, 11) is -0.256. The summed E-state index contributed by atoms with van der Waals surface area (Å²) in [6.07, 6.45) is 6.86. The van der Waals surface area contributed by atoms with Crippen LogP contribution in [0.25, 0.3) is 11.0 Å². The molecule has 1 unspecified atom stereocenters. The van der Waals surface area contributed by atoms with Gasteiger partial charge in [0.2, 0.25) is 0 Å². The average Bonchev–Trinajstić information content (AvgIpc) is 3.12. The molecule has 2 aromatic rings. The monoisotopic (exact) mass is 344 g/mol. The Morgan fingerprint density at radius 2 is 1.43 bits per heavy atom. The zero-order valence-corrected chi connectivity index (χ0v) is 16.2. The zero-order chi connectivity index (χ0) is 16.0. The summed E-state index contributed by atoms with van der Waals surface area (Å²) in [4.78, 5) is 10.4. The van der Waals surface area contributed by atoms with Crippen LogP contribution in [0.3, 0.4) is 0 Å². The van der Waals surface area contributed by atoms with Crippen LogP contribution in [0.1, 0.15) is 46.5 Å². The van der Waals surface area contributed by atoms with Gasteiger partial charge >= 0.3 is 0 Å². The Kier molecular flexibility index (Phi) is 4.41. The molecule has 0 N–H and O–H groups in total. The molecule has 4 heteroatoms. The summed E-state index contributed by atoms with van der Waals surface area (Å²) < 4.78 is 0. The standard InChI is InChI=1S/C19H26N2P2/c1-13-7-6-12-22(13)18-19(23-14(2)10-11-15(23)3)21-17-9-5-4-8-16(17)20-18/h4-5,8-9,13-15H,6-7,10-12H2,1-3H3/t13-,14-,15-,22?/m0/s1. The van der Waals surface area contributed by atoms with Gasteiger partial charge in [-0.2, -0.15) is 0 Å². The predicted octanol–water partition coefficient (Wildman–Crippen LogP) is 4.60. The lowest BCUT2D eigenvalue weighted by Gasteiger charge is -2.26. The molecule has 2 aliphatic heterocycles. The SMILES string of the molecule is C[C@H]1CCCP1c1nc2ccccc2nc1P1[C@@H](C)CC[C@@H]1C. The smallest absolute Gasteiger partial charge is 0.0902 e. The first-order valence-corrected chi connectivity index (χ1v) is 12.0. The van der Waals surface area contributed by atoms with Crippen LogP contribution in [0.5, 0.6) is 0 Å². The first-order valence-electron chi connectivity index (χ1n) is 8.97. The molecule has 4 rings (SSSR count). The summed E-state index contributed by atoms with van der Waals surface area (Å²) in [5, 5.41) is 0. The minimum Gasteiger partial charge on any atom is -0.244 e. The summed E-state index contributed by atoms with van der Waals surface area (Å²) >= 11 is 0. The van der Waals surface area contributed by atoms with Crippen molar-refractivity contribution in [2.45, 2.75) is 63.4 Å². The molecule has 2 saturated heterocycles. The van der Waals surface area contributed by atoms with Crippen LogP contribution in [-0.4, -0.2) is 33.1 Å². The summed E-state index contributed by atoms with van der Waals surface area (Å²) in [6.45, 7) is 7.33. The molecule has 4 atom stereocenters. The molecule has 0 saturated carbocycles. The highest BCUT2D eigenvalue weighted by atomic mass is 31.1. The molecule has 2 fully saturated rings. The molecule has 3 heterocycles. The van der Waals surface area contributed by atoms with E-state index in [2.05, 4.69) is 45.0 Å². The summed E-state index contributed by atoms with van der Waals surface area (Å²) in [5.41, 5.74) is 7.49. The predicted molar refractivity (Wildman–Crippen MR) is 104 cm³/mol. The van der Waals surface area contributed by atoms with Crippen molar-refractivity contribution in [3.05, 3.63) is 24.3 Å². The third-order valence-electron chi connectivity index (χ3n) is 5.56. The van der Waals surface area contributed by atoms with Crippen LogP contribution in [0.15, 0.2) is 24.3 Å². The van der Waals surface area contributed by atoms with Crippen molar-refractivity contribution in [2.24, 2.45) is 0 Å². The molecule has 0 bridgehead atoms. The Morgan fingerprint density at radius 3 is 2.00 bits per heavy atom. The van der Waals surface area contributed by atoms with Crippen LogP contribution in [0, 0.1) is 0 Å². The van der Waals surface area contributed by atoms with E-state index in [1.165, 1.54) is 42.7 Å². The van der Waals surface area contributed by atoms with Crippen LogP contribution in [-0.2, 0) is 0 Å². The molecule has 0 spiro atoms. The third-order valence-corrected chi connectivity index (χ3v) is 11.9. The fraction of sp³-hybridized carbons (Fsp3) is 0.579. The van der Waals surface area contributed by atoms with E-state index in [0.717, 1.165) is 28.0 Å². The van der Waals surface area contributed by atoms with Crippen molar-refractivity contribution in [3.8, 4) is 0 Å². The minimum absolute atomic E-state index is 0.107. The molecular formula is C19H26N2P2. The topological polar surface area (TPSA) is 25.8 Å². The van der Waals surface area contributed by atoms with E-state index < -0.39 is 0 Å². The van der Waals surface area contributed by atoms with E-state index in [1.54, 1.807) is 0 Å². The van der Waals surface area contributed by atoms with Gasteiger partial charge in [0.15, 0.2) is 0 Å². The van der Waals surface area contributed by atoms with Gasteiger partial charge < -0.3 is 0 Å². The van der Waals surface area contributed by atoms with Gasteiger partial charge in [0, 0.05) is 0 Å². The van der Waals surface area contributed by atoms with Crippen molar-refractivity contribution in [1.29, 1.82) is 0 Å². The molecule has 2 aliphatic rings. The van der Waals surface area contributed by atoms with Crippen molar-refractivity contribution >= 4 is 37.7 Å². The third kappa shape index (κ3) is 2.83. The van der Waals surface area contributed by atoms with Crippen molar-refractivity contribution < 1.29 is 0 Å². The number of nitrogens with zero attached hydrogens (tertiary/aromatic N) is 2. The lowest BCUT2D eigenvalue weighted by molar-refractivity contribution is 0.777. The van der Waals surface area contributed by atoms with E-state index in [0.29, 0.717) is 0 Å². The van der Waals surface area contributed by atoms with Gasteiger partial charge in [-0.05, 0) is 76.8 Å². The van der Waals surface area contributed by atoms with Gasteiger partial charge in [-0.15, -0.1) is 0 Å².